The van der Waals surface area contributed by atoms with Crippen LogP contribution in [0.15, 0.2) is 91.0 Å². The van der Waals surface area contributed by atoms with Crippen LogP contribution in [0, 0.1) is 0 Å². The molecular weight excluding hydrogens is 414 g/mol. The number of hydrogen-bond acceptors (Lipinski definition) is 6. The zero-order valence-electron chi connectivity index (χ0n) is 18.2. The molecule has 0 fully saturated rings. The highest BCUT2D eigenvalue weighted by Gasteiger charge is 2.07. The summed E-state index contributed by atoms with van der Waals surface area (Å²) in [4.78, 5) is 0. The molecule has 0 aromatic heterocycles. The van der Waals surface area contributed by atoms with E-state index in [9.17, 15) is 0 Å². The van der Waals surface area contributed by atoms with E-state index in [0.717, 1.165) is 16.7 Å². The number of hydrogen-bond donors (Lipinski definition) is 3. The quantitative estimate of drug-likeness (QED) is 0.309. The highest BCUT2D eigenvalue weighted by Crippen LogP contribution is 2.30. The summed E-state index contributed by atoms with van der Waals surface area (Å²) >= 11 is 0. The Labute approximate surface area is 193 Å². The van der Waals surface area contributed by atoms with Gasteiger partial charge in [0.1, 0.15) is 37.1 Å². The Bertz CT molecular complexity index is 1060. The van der Waals surface area contributed by atoms with Crippen LogP contribution in [0.4, 0.5) is 17.1 Å². The molecule has 4 rings (SSSR count). The van der Waals surface area contributed by atoms with Crippen molar-refractivity contribution in [2.24, 2.45) is 0 Å². The van der Waals surface area contributed by atoms with Crippen molar-refractivity contribution in [1.82, 2.24) is 0 Å². The molecule has 0 bridgehead atoms. The third-order valence-corrected chi connectivity index (χ3v) is 4.92. The van der Waals surface area contributed by atoms with Crippen molar-refractivity contribution >= 4 is 17.1 Å². The van der Waals surface area contributed by atoms with Gasteiger partial charge in [0, 0.05) is 35.3 Å². The van der Waals surface area contributed by atoms with E-state index >= 15 is 0 Å². The van der Waals surface area contributed by atoms with Crippen molar-refractivity contribution in [3.8, 4) is 17.2 Å². The monoisotopic (exact) mass is 441 g/mol. The molecule has 0 unspecified atom stereocenters. The lowest BCUT2D eigenvalue weighted by atomic mass is 10.2. The van der Waals surface area contributed by atoms with E-state index in [1.54, 1.807) is 0 Å². The molecule has 0 atom stereocenters. The van der Waals surface area contributed by atoms with Crippen molar-refractivity contribution in [2.45, 2.75) is 19.8 Å². The number of ether oxygens (including phenoxy) is 3. The van der Waals surface area contributed by atoms with Gasteiger partial charge in [0.2, 0.25) is 0 Å². The van der Waals surface area contributed by atoms with Gasteiger partial charge in [-0.25, -0.2) is 0 Å². The fourth-order valence-corrected chi connectivity index (χ4v) is 3.34. The average molecular weight is 442 g/mol. The van der Waals surface area contributed by atoms with E-state index < -0.39 is 0 Å². The lowest BCUT2D eigenvalue weighted by Crippen LogP contribution is -2.01. The van der Waals surface area contributed by atoms with E-state index in [1.165, 1.54) is 0 Å². The molecule has 0 saturated carbocycles. The number of nitrogens with two attached hydrogens (primary N) is 3. The Balaban J connectivity index is 1.50. The van der Waals surface area contributed by atoms with Crippen LogP contribution in [-0.4, -0.2) is 0 Å². The minimum absolute atomic E-state index is 0.373. The summed E-state index contributed by atoms with van der Waals surface area (Å²) in [6.45, 7) is 1.12. The van der Waals surface area contributed by atoms with Gasteiger partial charge in [-0.2, -0.15) is 0 Å². The number of anilines is 3. The molecule has 0 heterocycles. The SMILES string of the molecule is Nc1cccc(COc2cc(OCc3cccc(N)c3)cc(OCc3cccc(N)c3)c2)c1. The Hall–Kier alpha value is -4.32. The van der Waals surface area contributed by atoms with Gasteiger partial charge in [-0.1, -0.05) is 36.4 Å². The van der Waals surface area contributed by atoms with Crippen molar-refractivity contribution in [3.05, 3.63) is 108 Å². The third-order valence-electron chi connectivity index (χ3n) is 4.92. The summed E-state index contributed by atoms with van der Waals surface area (Å²) in [5.74, 6) is 1.89. The van der Waals surface area contributed by atoms with E-state index in [4.69, 9.17) is 31.4 Å². The summed E-state index contributed by atoms with van der Waals surface area (Å²) < 4.78 is 18.0. The van der Waals surface area contributed by atoms with Crippen molar-refractivity contribution in [1.29, 1.82) is 0 Å². The van der Waals surface area contributed by atoms with Crippen molar-refractivity contribution in [2.75, 3.05) is 17.2 Å². The van der Waals surface area contributed by atoms with Gasteiger partial charge in [0.25, 0.3) is 0 Å². The predicted octanol–water partition coefficient (Wildman–Crippen LogP) is 5.17. The highest BCUT2D eigenvalue weighted by atomic mass is 16.5. The standard InChI is InChI=1S/C27H27N3O3/c28-22-7-1-4-19(10-22)16-31-25-13-26(32-17-20-5-2-8-23(29)11-20)15-27(14-25)33-18-21-6-3-9-24(30)12-21/h1-15H,16-18,28-30H2. The van der Waals surface area contributed by atoms with Crippen LogP contribution in [0.1, 0.15) is 16.7 Å². The van der Waals surface area contributed by atoms with Gasteiger partial charge < -0.3 is 31.4 Å². The first-order valence-electron chi connectivity index (χ1n) is 10.6. The Morgan fingerprint density at radius 2 is 0.727 bits per heavy atom. The van der Waals surface area contributed by atoms with Crippen LogP contribution < -0.4 is 31.4 Å². The topological polar surface area (TPSA) is 106 Å². The number of benzene rings is 4. The molecule has 0 spiro atoms. The van der Waals surface area contributed by atoms with Crippen LogP contribution >= 0.6 is 0 Å². The van der Waals surface area contributed by atoms with Crippen LogP contribution in [-0.2, 0) is 19.8 Å². The first kappa shape index (κ1) is 21.9. The molecule has 4 aromatic rings. The first-order valence-corrected chi connectivity index (χ1v) is 10.6. The van der Waals surface area contributed by atoms with E-state index in [1.807, 2.05) is 91.0 Å². The fraction of sp³-hybridized carbons (Fsp3) is 0.111. The first-order chi connectivity index (χ1) is 16.0. The highest BCUT2D eigenvalue weighted by molar-refractivity contribution is 5.45. The average Bonchev–Trinajstić information content (AvgIpc) is 2.80. The van der Waals surface area contributed by atoms with Gasteiger partial charge in [-0.3, -0.25) is 0 Å². The second-order valence-electron chi connectivity index (χ2n) is 7.74. The minimum atomic E-state index is 0.373. The maximum atomic E-state index is 6.02. The molecule has 0 saturated heterocycles. The molecule has 0 amide bonds. The van der Waals surface area contributed by atoms with Crippen molar-refractivity contribution in [3.63, 3.8) is 0 Å². The Morgan fingerprint density at radius 1 is 0.424 bits per heavy atom. The predicted molar refractivity (Wildman–Crippen MR) is 132 cm³/mol. The van der Waals surface area contributed by atoms with Crippen LogP contribution in [0.3, 0.4) is 0 Å². The van der Waals surface area contributed by atoms with Gasteiger partial charge >= 0.3 is 0 Å². The normalized spacial score (nSPS) is 10.5. The zero-order chi connectivity index (χ0) is 23.0. The number of nitrogen functional groups attached to an aromatic ring is 3. The molecule has 6 nitrogen and oxygen atoms in total. The molecule has 0 aliphatic rings. The minimum Gasteiger partial charge on any atom is -0.489 e. The molecule has 6 heteroatoms. The summed E-state index contributed by atoms with van der Waals surface area (Å²) in [5.41, 5.74) is 22.6. The maximum Gasteiger partial charge on any atom is 0.127 e. The van der Waals surface area contributed by atoms with Gasteiger partial charge in [-0.05, 0) is 53.1 Å². The third kappa shape index (κ3) is 6.58. The van der Waals surface area contributed by atoms with Gasteiger partial charge in [0.15, 0.2) is 0 Å². The van der Waals surface area contributed by atoms with Crippen LogP contribution in [0.25, 0.3) is 0 Å². The Morgan fingerprint density at radius 3 is 1.00 bits per heavy atom. The number of rotatable bonds is 9. The smallest absolute Gasteiger partial charge is 0.127 e. The molecular formula is C27H27N3O3. The van der Waals surface area contributed by atoms with E-state index in [0.29, 0.717) is 54.1 Å². The molecule has 33 heavy (non-hydrogen) atoms. The molecule has 168 valence electrons. The molecule has 0 aliphatic carbocycles. The van der Waals surface area contributed by atoms with Crippen LogP contribution in [0.2, 0.25) is 0 Å². The second kappa shape index (κ2) is 10.3. The fourth-order valence-electron chi connectivity index (χ4n) is 3.34. The summed E-state index contributed by atoms with van der Waals surface area (Å²) in [5, 5.41) is 0. The lowest BCUT2D eigenvalue weighted by molar-refractivity contribution is 0.274. The van der Waals surface area contributed by atoms with E-state index in [-0.39, 0.29) is 0 Å². The van der Waals surface area contributed by atoms with Crippen molar-refractivity contribution < 1.29 is 14.2 Å². The molecule has 0 radical (unpaired) electrons. The Kier molecular flexibility index (Phi) is 6.85. The summed E-state index contributed by atoms with van der Waals surface area (Å²) in [7, 11) is 0. The van der Waals surface area contributed by atoms with Gasteiger partial charge in [-0.15, -0.1) is 0 Å². The summed E-state index contributed by atoms with van der Waals surface area (Å²) in [6.07, 6.45) is 0. The zero-order valence-corrected chi connectivity index (χ0v) is 18.2. The molecule has 4 aromatic carbocycles. The largest absolute Gasteiger partial charge is 0.489 e. The second-order valence-corrected chi connectivity index (χ2v) is 7.74. The molecule has 6 N–H and O–H groups in total. The van der Waals surface area contributed by atoms with Crippen LogP contribution in [0.5, 0.6) is 17.2 Å². The maximum absolute atomic E-state index is 6.02. The van der Waals surface area contributed by atoms with E-state index in [2.05, 4.69) is 0 Å². The lowest BCUT2D eigenvalue weighted by Gasteiger charge is -2.14. The molecule has 0 aliphatic heterocycles. The summed E-state index contributed by atoms with van der Waals surface area (Å²) in [6, 6.07) is 28.3. The van der Waals surface area contributed by atoms with Gasteiger partial charge in [0.05, 0.1) is 0 Å².